The molecule has 0 aliphatic carbocycles. The highest BCUT2D eigenvalue weighted by Gasteiger charge is 2.34. The molecule has 6 nitrogen and oxygen atoms in total. The van der Waals surface area contributed by atoms with Crippen LogP contribution in [0.4, 0.5) is 0 Å². The normalized spacial score (nSPS) is 11.7. The predicted molar refractivity (Wildman–Crippen MR) is 123 cm³/mol. The lowest BCUT2D eigenvalue weighted by Crippen LogP contribution is -2.52. The first-order chi connectivity index (χ1) is 14.9. The zero-order chi connectivity index (χ0) is 22.7. The molecular formula is C24H33NO5S. The fourth-order valence-corrected chi connectivity index (χ4v) is 3.96. The lowest BCUT2D eigenvalue weighted by Gasteiger charge is -2.37. The maximum atomic E-state index is 13.3. The maximum Gasteiger partial charge on any atom is 0.182 e. The zero-order valence-electron chi connectivity index (χ0n) is 18.8. The topological polar surface area (TPSA) is 68.2 Å². The van der Waals surface area contributed by atoms with Gasteiger partial charge >= 0.3 is 0 Å². The first kappa shape index (κ1) is 25.4. The molecule has 0 fully saturated rings. The Kier molecular flexibility index (Phi) is 10.5. The molecule has 0 aliphatic rings. The van der Waals surface area contributed by atoms with Crippen LogP contribution in [0.25, 0.3) is 0 Å². The summed E-state index contributed by atoms with van der Waals surface area (Å²) < 4.78 is 15.8. The van der Waals surface area contributed by atoms with Gasteiger partial charge in [-0.25, -0.2) is 0 Å². The summed E-state index contributed by atoms with van der Waals surface area (Å²) in [5.74, 6) is 0.801. The SMILES string of the molecule is COCCN(CCOC)C(C)(C)C(=O)c1ccc(Sc2ccc(OCCO)cc2)cc1. The number of nitrogens with zero attached hydrogens (tertiary/aromatic N) is 1. The average molecular weight is 448 g/mol. The number of benzene rings is 2. The summed E-state index contributed by atoms with van der Waals surface area (Å²) in [7, 11) is 3.32. The van der Waals surface area contributed by atoms with E-state index in [9.17, 15) is 4.79 Å². The van der Waals surface area contributed by atoms with E-state index in [1.54, 1.807) is 26.0 Å². The molecule has 2 rings (SSSR count). The van der Waals surface area contributed by atoms with Crippen LogP contribution in [0, 0.1) is 0 Å². The number of ether oxygens (including phenoxy) is 3. The van der Waals surface area contributed by atoms with Crippen LogP contribution in [0.1, 0.15) is 24.2 Å². The smallest absolute Gasteiger partial charge is 0.182 e. The van der Waals surface area contributed by atoms with Crippen molar-refractivity contribution < 1.29 is 24.1 Å². The minimum Gasteiger partial charge on any atom is -0.491 e. The second-order valence-electron chi connectivity index (χ2n) is 7.53. The molecule has 7 heteroatoms. The molecule has 0 aliphatic heterocycles. The molecule has 170 valence electrons. The van der Waals surface area contributed by atoms with E-state index >= 15 is 0 Å². The fraction of sp³-hybridized carbons (Fsp3) is 0.458. The second-order valence-corrected chi connectivity index (χ2v) is 8.68. The van der Waals surface area contributed by atoms with E-state index in [2.05, 4.69) is 4.90 Å². The molecule has 31 heavy (non-hydrogen) atoms. The quantitative estimate of drug-likeness (QED) is 0.442. The molecule has 2 aromatic carbocycles. The Morgan fingerprint density at radius 3 is 1.90 bits per heavy atom. The maximum absolute atomic E-state index is 13.3. The number of carbonyl (C=O) groups is 1. The van der Waals surface area contributed by atoms with E-state index in [4.69, 9.17) is 19.3 Å². The van der Waals surface area contributed by atoms with Gasteiger partial charge in [-0.05, 0) is 50.2 Å². The van der Waals surface area contributed by atoms with E-state index < -0.39 is 5.54 Å². The van der Waals surface area contributed by atoms with Crippen LogP contribution in [0.2, 0.25) is 0 Å². The third-order valence-corrected chi connectivity index (χ3v) is 6.03. The van der Waals surface area contributed by atoms with Gasteiger partial charge in [0.05, 0.1) is 25.4 Å². The number of Topliss-reactive ketones (excluding diaryl/α,β-unsaturated/α-hetero) is 1. The molecule has 1 N–H and O–H groups in total. The minimum atomic E-state index is -0.671. The Hall–Kier alpha value is -1.90. The van der Waals surface area contributed by atoms with Crippen molar-refractivity contribution in [3.63, 3.8) is 0 Å². The third kappa shape index (κ3) is 7.63. The van der Waals surface area contributed by atoms with Gasteiger partial charge in [-0.3, -0.25) is 9.69 Å². The first-order valence-corrected chi connectivity index (χ1v) is 11.1. The number of carbonyl (C=O) groups excluding carboxylic acids is 1. The molecule has 0 saturated carbocycles. The van der Waals surface area contributed by atoms with E-state index in [0.29, 0.717) is 31.9 Å². The number of hydrogen-bond donors (Lipinski definition) is 1. The number of ketones is 1. The fourth-order valence-electron chi connectivity index (χ4n) is 3.15. The second kappa shape index (κ2) is 12.8. The van der Waals surface area contributed by atoms with Crippen LogP contribution in [0.3, 0.4) is 0 Å². The van der Waals surface area contributed by atoms with Crippen LogP contribution in [-0.2, 0) is 9.47 Å². The monoisotopic (exact) mass is 447 g/mol. The summed E-state index contributed by atoms with van der Waals surface area (Å²) in [6, 6.07) is 15.4. The Balaban J connectivity index is 2.05. The van der Waals surface area contributed by atoms with Crippen LogP contribution in [-0.4, -0.2) is 75.1 Å². The number of methoxy groups -OCH3 is 2. The standard InChI is InChI=1S/C24H33NO5S/c1-24(2,25(13-16-28-3)14-17-29-4)23(27)19-5-9-21(10-6-19)31-22-11-7-20(8-12-22)30-18-15-26/h5-12,26H,13-18H2,1-4H3. The molecule has 0 saturated heterocycles. The zero-order valence-corrected chi connectivity index (χ0v) is 19.6. The summed E-state index contributed by atoms with van der Waals surface area (Å²) in [5, 5.41) is 8.83. The van der Waals surface area contributed by atoms with Crippen LogP contribution in [0.15, 0.2) is 58.3 Å². The Bertz CT molecular complexity index is 785. The molecule has 0 unspecified atom stereocenters. The molecule has 0 bridgehead atoms. The van der Waals surface area contributed by atoms with Gasteiger partial charge in [0.1, 0.15) is 12.4 Å². The Morgan fingerprint density at radius 2 is 1.42 bits per heavy atom. The number of aliphatic hydroxyl groups excluding tert-OH is 1. The van der Waals surface area contributed by atoms with Crippen molar-refractivity contribution in [3.05, 3.63) is 54.1 Å². The molecule has 0 spiro atoms. The summed E-state index contributed by atoms with van der Waals surface area (Å²) in [5.41, 5.74) is 0.0118. The van der Waals surface area contributed by atoms with E-state index in [1.807, 2.05) is 62.4 Å². The molecule has 0 atom stereocenters. The van der Waals surface area contributed by atoms with Gasteiger partial charge in [-0.2, -0.15) is 0 Å². The molecule has 0 amide bonds. The van der Waals surface area contributed by atoms with Crippen LogP contribution in [0.5, 0.6) is 5.75 Å². The van der Waals surface area contributed by atoms with Crippen LogP contribution < -0.4 is 4.74 Å². The lowest BCUT2D eigenvalue weighted by molar-refractivity contribution is 0.0418. The van der Waals surface area contributed by atoms with Crippen molar-refractivity contribution in [2.24, 2.45) is 0 Å². The van der Waals surface area contributed by atoms with Gasteiger partial charge < -0.3 is 19.3 Å². The van der Waals surface area contributed by atoms with Crippen molar-refractivity contribution in [3.8, 4) is 5.75 Å². The number of aliphatic hydroxyl groups is 1. The highest BCUT2D eigenvalue weighted by molar-refractivity contribution is 7.99. The average Bonchev–Trinajstić information content (AvgIpc) is 2.78. The van der Waals surface area contributed by atoms with Gasteiger partial charge in [0.15, 0.2) is 5.78 Å². The van der Waals surface area contributed by atoms with Gasteiger partial charge in [0, 0.05) is 42.7 Å². The largest absolute Gasteiger partial charge is 0.491 e. The van der Waals surface area contributed by atoms with Gasteiger partial charge in [-0.1, -0.05) is 23.9 Å². The summed E-state index contributed by atoms with van der Waals surface area (Å²) in [4.78, 5) is 17.5. The highest BCUT2D eigenvalue weighted by atomic mass is 32.2. The molecule has 0 heterocycles. The van der Waals surface area contributed by atoms with Crippen molar-refractivity contribution >= 4 is 17.5 Å². The predicted octanol–water partition coefficient (Wildman–Crippen LogP) is 3.77. The Labute approximate surface area is 189 Å². The highest BCUT2D eigenvalue weighted by Crippen LogP contribution is 2.30. The van der Waals surface area contributed by atoms with Gasteiger partial charge in [-0.15, -0.1) is 0 Å². The van der Waals surface area contributed by atoms with E-state index in [1.165, 1.54) is 0 Å². The van der Waals surface area contributed by atoms with Crippen molar-refractivity contribution in [2.45, 2.75) is 29.2 Å². The molecule has 0 radical (unpaired) electrons. The van der Waals surface area contributed by atoms with E-state index in [-0.39, 0.29) is 19.0 Å². The lowest BCUT2D eigenvalue weighted by atomic mass is 9.91. The van der Waals surface area contributed by atoms with E-state index in [0.717, 1.165) is 15.5 Å². The Morgan fingerprint density at radius 1 is 0.903 bits per heavy atom. The first-order valence-electron chi connectivity index (χ1n) is 10.3. The number of rotatable bonds is 14. The van der Waals surface area contributed by atoms with Crippen molar-refractivity contribution in [2.75, 3.05) is 53.7 Å². The number of hydrogen-bond acceptors (Lipinski definition) is 7. The third-order valence-electron chi connectivity index (χ3n) is 5.01. The minimum absolute atomic E-state index is 0.00506. The van der Waals surface area contributed by atoms with Gasteiger partial charge in [0.25, 0.3) is 0 Å². The van der Waals surface area contributed by atoms with Crippen molar-refractivity contribution in [1.82, 2.24) is 4.90 Å². The van der Waals surface area contributed by atoms with Crippen molar-refractivity contribution in [1.29, 1.82) is 0 Å². The molecular weight excluding hydrogens is 414 g/mol. The van der Waals surface area contributed by atoms with Gasteiger partial charge in [0.2, 0.25) is 0 Å². The molecule has 2 aromatic rings. The molecule has 0 aromatic heterocycles. The summed E-state index contributed by atoms with van der Waals surface area (Å²) in [6.07, 6.45) is 0. The van der Waals surface area contributed by atoms with Crippen LogP contribution >= 0.6 is 11.8 Å². The summed E-state index contributed by atoms with van der Waals surface area (Å²) >= 11 is 1.62. The summed E-state index contributed by atoms with van der Waals surface area (Å²) in [6.45, 7) is 6.60.